The zero-order valence-corrected chi connectivity index (χ0v) is 13.4. The van der Waals surface area contributed by atoms with Gasteiger partial charge in [0.2, 0.25) is 5.95 Å². The Kier molecular flexibility index (Phi) is 5.37. The molecule has 5 nitrogen and oxygen atoms in total. The van der Waals surface area contributed by atoms with Gasteiger partial charge < -0.3 is 15.5 Å². The third-order valence-electron chi connectivity index (χ3n) is 3.34. The Bertz CT molecular complexity index is 482. The first kappa shape index (κ1) is 15.3. The molecule has 0 spiro atoms. The normalized spacial score (nSPS) is 18.8. The molecule has 1 atom stereocenters. The van der Waals surface area contributed by atoms with Gasteiger partial charge in [-0.05, 0) is 45.3 Å². The first-order valence-electron chi connectivity index (χ1n) is 6.96. The minimum absolute atomic E-state index is 0.426. The highest BCUT2D eigenvalue weighted by molar-refractivity contribution is 7.80. The average molecular weight is 314 g/mol. The molecule has 0 aliphatic carbocycles. The summed E-state index contributed by atoms with van der Waals surface area (Å²) < 4.78 is 0. The van der Waals surface area contributed by atoms with Gasteiger partial charge in [0.15, 0.2) is 5.11 Å². The van der Waals surface area contributed by atoms with Crippen LogP contribution in [0, 0.1) is 0 Å². The van der Waals surface area contributed by atoms with E-state index in [0.717, 1.165) is 18.9 Å². The topological polar surface area (TPSA) is 53.1 Å². The fourth-order valence-corrected chi connectivity index (χ4v) is 2.77. The molecule has 0 bridgehead atoms. The van der Waals surface area contributed by atoms with Gasteiger partial charge in [0.25, 0.3) is 0 Å². The van der Waals surface area contributed by atoms with E-state index in [1.807, 2.05) is 13.0 Å². The largest absolute Gasteiger partial charge is 0.363 e. The molecular weight excluding hydrogens is 294 g/mol. The lowest BCUT2D eigenvalue weighted by Gasteiger charge is -2.34. The number of halogens is 1. The molecule has 1 saturated heterocycles. The van der Waals surface area contributed by atoms with Crippen molar-refractivity contribution in [1.82, 2.24) is 15.3 Å². The third-order valence-corrected chi connectivity index (χ3v) is 3.78. The van der Waals surface area contributed by atoms with Crippen LogP contribution in [0.25, 0.3) is 0 Å². The van der Waals surface area contributed by atoms with E-state index in [0.29, 0.717) is 22.3 Å². The van der Waals surface area contributed by atoms with Crippen molar-refractivity contribution >= 4 is 40.7 Å². The van der Waals surface area contributed by atoms with Gasteiger partial charge in [0.1, 0.15) is 11.0 Å². The molecule has 1 fully saturated rings. The number of nitrogens with zero attached hydrogens (tertiary/aromatic N) is 3. The molecule has 2 rings (SSSR count). The molecule has 2 N–H and O–H groups in total. The Labute approximate surface area is 130 Å². The van der Waals surface area contributed by atoms with E-state index < -0.39 is 0 Å². The van der Waals surface area contributed by atoms with Crippen molar-refractivity contribution in [3.63, 3.8) is 0 Å². The lowest BCUT2D eigenvalue weighted by Crippen LogP contribution is -2.38. The standard InChI is InChI=1S/C13H20ClN5S/c1-3-15-13(20)18-12-16-10(14)8-11(17-12)19-7-5-4-6-9(19)2/h8-9H,3-7H2,1-2H3,(H2,15,16,17,18,20)/t9-/m0/s1. The summed E-state index contributed by atoms with van der Waals surface area (Å²) in [6.45, 7) is 5.95. The molecule has 0 aromatic carbocycles. The monoisotopic (exact) mass is 313 g/mol. The fraction of sp³-hybridized carbons (Fsp3) is 0.615. The molecule has 1 aromatic heterocycles. The minimum atomic E-state index is 0.426. The van der Waals surface area contributed by atoms with Crippen molar-refractivity contribution in [2.24, 2.45) is 0 Å². The maximum absolute atomic E-state index is 6.10. The van der Waals surface area contributed by atoms with Gasteiger partial charge in [-0.3, -0.25) is 0 Å². The Morgan fingerprint density at radius 2 is 2.30 bits per heavy atom. The Morgan fingerprint density at radius 1 is 1.50 bits per heavy atom. The number of hydrogen-bond acceptors (Lipinski definition) is 4. The Morgan fingerprint density at radius 3 is 3.00 bits per heavy atom. The molecule has 2 heterocycles. The van der Waals surface area contributed by atoms with Crippen LogP contribution in [0.15, 0.2) is 6.07 Å². The van der Waals surface area contributed by atoms with E-state index in [1.165, 1.54) is 19.3 Å². The molecule has 110 valence electrons. The highest BCUT2D eigenvalue weighted by Crippen LogP contribution is 2.25. The predicted molar refractivity (Wildman–Crippen MR) is 87.6 cm³/mol. The van der Waals surface area contributed by atoms with Gasteiger partial charge in [-0.25, -0.2) is 4.98 Å². The van der Waals surface area contributed by atoms with E-state index >= 15 is 0 Å². The van der Waals surface area contributed by atoms with Crippen LogP contribution in [0.4, 0.5) is 11.8 Å². The molecule has 0 saturated carbocycles. The van der Waals surface area contributed by atoms with Crippen LogP contribution in [0.1, 0.15) is 33.1 Å². The summed E-state index contributed by atoms with van der Waals surface area (Å²) in [5.74, 6) is 1.30. The van der Waals surface area contributed by atoms with Gasteiger partial charge >= 0.3 is 0 Å². The quantitative estimate of drug-likeness (QED) is 0.661. The molecular formula is C13H20ClN5S. The van der Waals surface area contributed by atoms with Crippen molar-refractivity contribution in [3.8, 4) is 0 Å². The summed E-state index contributed by atoms with van der Waals surface area (Å²) in [6.07, 6.45) is 3.64. The third kappa shape index (κ3) is 3.93. The highest BCUT2D eigenvalue weighted by atomic mass is 35.5. The molecule has 7 heteroatoms. The van der Waals surface area contributed by atoms with E-state index in [1.54, 1.807) is 0 Å². The van der Waals surface area contributed by atoms with E-state index in [9.17, 15) is 0 Å². The molecule has 0 radical (unpaired) electrons. The predicted octanol–water partition coefficient (Wildman–Crippen LogP) is 2.82. The van der Waals surface area contributed by atoms with Crippen molar-refractivity contribution in [1.29, 1.82) is 0 Å². The van der Waals surface area contributed by atoms with Crippen LogP contribution >= 0.6 is 23.8 Å². The smallest absolute Gasteiger partial charge is 0.232 e. The Hall–Kier alpha value is -1.14. The summed E-state index contributed by atoms with van der Waals surface area (Å²) in [7, 11) is 0. The first-order valence-corrected chi connectivity index (χ1v) is 7.75. The second kappa shape index (κ2) is 7.04. The van der Waals surface area contributed by atoms with Crippen LogP contribution in [-0.4, -0.2) is 34.2 Å². The van der Waals surface area contributed by atoms with Crippen molar-refractivity contribution in [3.05, 3.63) is 11.2 Å². The number of hydrogen-bond donors (Lipinski definition) is 2. The zero-order valence-electron chi connectivity index (χ0n) is 11.8. The number of anilines is 2. The molecule has 1 aliphatic rings. The van der Waals surface area contributed by atoms with Gasteiger partial charge in [0, 0.05) is 25.2 Å². The zero-order chi connectivity index (χ0) is 14.5. The highest BCUT2D eigenvalue weighted by Gasteiger charge is 2.20. The number of nitrogens with one attached hydrogen (secondary N) is 2. The van der Waals surface area contributed by atoms with Crippen molar-refractivity contribution in [2.45, 2.75) is 39.2 Å². The first-order chi connectivity index (χ1) is 9.60. The maximum atomic E-state index is 6.10. The van der Waals surface area contributed by atoms with Gasteiger partial charge in [-0.1, -0.05) is 11.6 Å². The maximum Gasteiger partial charge on any atom is 0.232 e. The van der Waals surface area contributed by atoms with Crippen LogP contribution in [-0.2, 0) is 0 Å². The van der Waals surface area contributed by atoms with Crippen LogP contribution < -0.4 is 15.5 Å². The summed E-state index contributed by atoms with van der Waals surface area (Å²) in [6, 6.07) is 2.29. The van der Waals surface area contributed by atoms with Crippen LogP contribution in [0.2, 0.25) is 5.15 Å². The molecule has 0 unspecified atom stereocenters. The second-order valence-electron chi connectivity index (χ2n) is 4.90. The molecule has 20 heavy (non-hydrogen) atoms. The molecule has 1 aromatic rings. The summed E-state index contributed by atoms with van der Waals surface area (Å²) in [5, 5.41) is 6.90. The fourth-order valence-electron chi connectivity index (χ4n) is 2.35. The number of aromatic nitrogens is 2. The number of rotatable bonds is 3. The number of thiocarbonyl (C=S) groups is 1. The molecule has 1 aliphatic heterocycles. The van der Waals surface area contributed by atoms with Crippen LogP contribution in [0.5, 0.6) is 0 Å². The lowest BCUT2D eigenvalue weighted by atomic mass is 10.0. The summed E-state index contributed by atoms with van der Waals surface area (Å²) in [4.78, 5) is 11.0. The Balaban J connectivity index is 2.17. The van der Waals surface area contributed by atoms with Gasteiger partial charge in [-0.15, -0.1) is 0 Å². The lowest BCUT2D eigenvalue weighted by molar-refractivity contribution is 0.481. The molecule has 0 amide bonds. The van der Waals surface area contributed by atoms with E-state index in [-0.39, 0.29) is 0 Å². The second-order valence-corrected chi connectivity index (χ2v) is 5.69. The summed E-state index contributed by atoms with van der Waals surface area (Å²) in [5.41, 5.74) is 0. The van der Waals surface area contributed by atoms with E-state index in [4.69, 9.17) is 23.8 Å². The minimum Gasteiger partial charge on any atom is -0.363 e. The SMILES string of the molecule is CCNC(=S)Nc1nc(Cl)cc(N2CCCC[C@@H]2C)n1. The summed E-state index contributed by atoms with van der Waals surface area (Å²) >= 11 is 11.2. The van der Waals surface area contributed by atoms with Gasteiger partial charge in [-0.2, -0.15) is 4.98 Å². The van der Waals surface area contributed by atoms with Gasteiger partial charge in [0.05, 0.1) is 0 Å². The van der Waals surface area contributed by atoms with E-state index in [2.05, 4.69) is 32.4 Å². The average Bonchev–Trinajstić information content (AvgIpc) is 2.38. The number of piperidine rings is 1. The van der Waals surface area contributed by atoms with Crippen LogP contribution in [0.3, 0.4) is 0 Å². The van der Waals surface area contributed by atoms with Crippen molar-refractivity contribution < 1.29 is 0 Å². The van der Waals surface area contributed by atoms with Crippen molar-refractivity contribution in [2.75, 3.05) is 23.3 Å².